The number of halogens is 1. The third-order valence-electron chi connectivity index (χ3n) is 1.27. The second kappa shape index (κ2) is 3.70. The van der Waals surface area contributed by atoms with E-state index in [0.29, 0.717) is 0 Å². The zero-order valence-corrected chi connectivity index (χ0v) is 6.87. The fraction of sp³-hybridized carbons (Fsp3) is 0.143. The van der Waals surface area contributed by atoms with Gasteiger partial charge in [-0.05, 0) is 0 Å². The Morgan fingerprint density at radius 1 is 1.77 bits per heavy atom. The zero-order valence-electron chi connectivity index (χ0n) is 6.87. The maximum Gasteiger partial charge on any atom is 0.410 e. The van der Waals surface area contributed by atoms with Crippen LogP contribution in [-0.2, 0) is 0 Å². The van der Waals surface area contributed by atoms with Gasteiger partial charge in [0.15, 0.2) is 17.4 Å². The molecular formula is C7H8FN3O2. The minimum atomic E-state index is -1.00. The molecule has 3 N–H and O–H groups in total. The molecule has 1 aromatic rings. The highest BCUT2D eigenvalue weighted by atomic mass is 19.1. The molecule has 0 saturated carbocycles. The van der Waals surface area contributed by atoms with E-state index in [1.165, 1.54) is 13.2 Å². The Labute approximate surface area is 73.7 Å². The molecule has 0 atom stereocenters. The number of pyridine rings is 1. The van der Waals surface area contributed by atoms with Crippen LogP contribution in [0.1, 0.15) is 0 Å². The lowest BCUT2D eigenvalue weighted by atomic mass is 10.4. The first-order valence-corrected chi connectivity index (χ1v) is 3.44. The van der Waals surface area contributed by atoms with Gasteiger partial charge >= 0.3 is 6.09 Å². The molecule has 13 heavy (non-hydrogen) atoms. The number of carbonyl (C=O) groups excluding carboxylic acids is 1. The number of anilines is 1. The van der Waals surface area contributed by atoms with Crippen LogP contribution >= 0.6 is 0 Å². The lowest BCUT2D eigenvalue weighted by Crippen LogP contribution is -2.16. The minimum Gasteiger partial charge on any atom is -0.409 e. The normalized spacial score (nSPS) is 9.38. The highest BCUT2D eigenvalue weighted by Gasteiger charge is 2.05. The van der Waals surface area contributed by atoms with Crippen LogP contribution in [0.3, 0.4) is 0 Å². The predicted octanol–water partition coefficient (Wildman–Crippen LogP) is 0.720. The van der Waals surface area contributed by atoms with E-state index in [1.807, 2.05) is 0 Å². The number of aromatic nitrogens is 1. The van der Waals surface area contributed by atoms with E-state index in [0.717, 1.165) is 6.07 Å². The quantitative estimate of drug-likeness (QED) is 0.711. The molecule has 0 bridgehead atoms. The Balaban J connectivity index is 2.89. The van der Waals surface area contributed by atoms with E-state index in [2.05, 4.69) is 15.0 Å². The first-order chi connectivity index (χ1) is 6.13. The SMILES string of the molecule is CNc1ncc(OC(N)=O)cc1F. The van der Waals surface area contributed by atoms with Crippen molar-refractivity contribution in [1.29, 1.82) is 0 Å². The van der Waals surface area contributed by atoms with Crippen LogP contribution in [0.2, 0.25) is 0 Å². The molecule has 0 radical (unpaired) electrons. The fourth-order valence-corrected chi connectivity index (χ4v) is 0.776. The fourth-order valence-electron chi connectivity index (χ4n) is 0.776. The number of primary amides is 1. The number of ether oxygens (including phenoxy) is 1. The summed E-state index contributed by atoms with van der Waals surface area (Å²) < 4.78 is 17.3. The summed E-state index contributed by atoms with van der Waals surface area (Å²) in [4.78, 5) is 13.9. The van der Waals surface area contributed by atoms with Gasteiger partial charge in [0.25, 0.3) is 0 Å². The standard InChI is InChI=1S/C7H8FN3O2/c1-10-6-5(8)2-4(3-11-6)13-7(9)12/h2-3H,1H3,(H2,9,12)(H,10,11). The molecule has 1 heterocycles. The van der Waals surface area contributed by atoms with Crippen LogP contribution in [0.4, 0.5) is 15.0 Å². The monoisotopic (exact) mass is 185 g/mol. The van der Waals surface area contributed by atoms with Crippen LogP contribution in [0.5, 0.6) is 5.75 Å². The maximum atomic E-state index is 12.9. The topological polar surface area (TPSA) is 77.2 Å². The summed E-state index contributed by atoms with van der Waals surface area (Å²) in [6, 6.07) is 1.02. The number of nitrogens with two attached hydrogens (primary N) is 1. The maximum absolute atomic E-state index is 12.9. The Hall–Kier alpha value is -1.85. The Morgan fingerprint density at radius 3 is 2.92 bits per heavy atom. The molecular weight excluding hydrogens is 177 g/mol. The Morgan fingerprint density at radius 2 is 2.46 bits per heavy atom. The number of amides is 1. The van der Waals surface area contributed by atoms with Gasteiger partial charge in [-0.2, -0.15) is 0 Å². The van der Waals surface area contributed by atoms with E-state index in [1.54, 1.807) is 0 Å². The van der Waals surface area contributed by atoms with Crippen molar-refractivity contribution >= 4 is 11.9 Å². The van der Waals surface area contributed by atoms with E-state index in [-0.39, 0.29) is 11.6 Å². The third-order valence-corrected chi connectivity index (χ3v) is 1.27. The van der Waals surface area contributed by atoms with Gasteiger partial charge in [0.2, 0.25) is 0 Å². The van der Waals surface area contributed by atoms with E-state index >= 15 is 0 Å². The molecule has 1 amide bonds. The molecule has 1 aromatic heterocycles. The summed E-state index contributed by atoms with van der Waals surface area (Å²) in [5.41, 5.74) is 4.72. The lowest BCUT2D eigenvalue weighted by molar-refractivity contribution is 0.210. The molecule has 70 valence electrons. The lowest BCUT2D eigenvalue weighted by Gasteiger charge is -2.03. The summed E-state index contributed by atoms with van der Waals surface area (Å²) in [5.74, 6) is -0.554. The number of hydrogen-bond acceptors (Lipinski definition) is 4. The van der Waals surface area contributed by atoms with Crippen LogP contribution < -0.4 is 15.8 Å². The number of carbonyl (C=O) groups is 1. The second-order valence-electron chi connectivity index (χ2n) is 2.17. The number of nitrogens with zero attached hydrogens (tertiary/aromatic N) is 1. The average molecular weight is 185 g/mol. The number of nitrogens with one attached hydrogen (secondary N) is 1. The molecule has 1 rings (SSSR count). The van der Waals surface area contributed by atoms with E-state index in [4.69, 9.17) is 5.73 Å². The summed E-state index contributed by atoms with van der Waals surface area (Å²) in [6.07, 6.45) is 0.193. The van der Waals surface area contributed by atoms with Crippen LogP contribution in [0.25, 0.3) is 0 Å². The molecule has 0 fully saturated rings. The van der Waals surface area contributed by atoms with Gasteiger partial charge < -0.3 is 15.8 Å². The first kappa shape index (κ1) is 9.24. The van der Waals surface area contributed by atoms with Crippen molar-refractivity contribution in [3.8, 4) is 5.75 Å². The van der Waals surface area contributed by atoms with Crippen molar-refractivity contribution in [2.24, 2.45) is 5.73 Å². The highest BCUT2D eigenvalue weighted by molar-refractivity contribution is 5.68. The minimum absolute atomic E-state index is 0.0241. The van der Waals surface area contributed by atoms with Gasteiger partial charge in [-0.15, -0.1) is 0 Å². The average Bonchev–Trinajstić information content (AvgIpc) is 2.03. The van der Waals surface area contributed by atoms with Crippen molar-refractivity contribution < 1.29 is 13.9 Å². The van der Waals surface area contributed by atoms with E-state index < -0.39 is 11.9 Å². The first-order valence-electron chi connectivity index (χ1n) is 3.44. The number of rotatable bonds is 2. The smallest absolute Gasteiger partial charge is 0.409 e. The van der Waals surface area contributed by atoms with Gasteiger partial charge in [-0.3, -0.25) is 0 Å². The van der Waals surface area contributed by atoms with Crippen LogP contribution in [0.15, 0.2) is 12.3 Å². The van der Waals surface area contributed by atoms with Gasteiger partial charge in [-0.1, -0.05) is 0 Å². The van der Waals surface area contributed by atoms with Crippen LogP contribution in [-0.4, -0.2) is 18.1 Å². The molecule has 0 unspecified atom stereocenters. The summed E-state index contributed by atoms with van der Waals surface area (Å²) in [7, 11) is 1.53. The van der Waals surface area contributed by atoms with Crippen molar-refractivity contribution in [3.05, 3.63) is 18.1 Å². The molecule has 0 saturated heterocycles. The molecule has 0 aliphatic rings. The molecule has 0 aliphatic heterocycles. The Bertz CT molecular complexity index is 330. The summed E-state index contributed by atoms with van der Waals surface area (Å²) in [5, 5.41) is 2.52. The number of hydrogen-bond donors (Lipinski definition) is 2. The molecule has 0 aliphatic carbocycles. The van der Waals surface area contributed by atoms with Crippen molar-refractivity contribution in [2.45, 2.75) is 0 Å². The molecule has 0 aromatic carbocycles. The molecule has 5 nitrogen and oxygen atoms in total. The van der Waals surface area contributed by atoms with Gasteiger partial charge in [0.1, 0.15) is 0 Å². The zero-order chi connectivity index (χ0) is 9.84. The largest absolute Gasteiger partial charge is 0.410 e. The van der Waals surface area contributed by atoms with E-state index in [9.17, 15) is 9.18 Å². The van der Waals surface area contributed by atoms with Crippen molar-refractivity contribution in [2.75, 3.05) is 12.4 Å². The molecule has 6 heteroatoms. The molecule has 0 spiro atoms. The van der Waals surface area contributed by atoms with Gasteiger partial charge in [-0.25, -0.2) is 14.2 Å². The van der Waals surface area contributed by atoms with Gasteiger partial charge in [0, 0.05) is 13.1 Å². The van der Waals surface area contributed by atoms with Gasteiger partial charge in [0.05, 0.1) is 6.20 Å². The second-order valence-corrected chi connectivity index (χ2v) is 2.17. The Kier molecular flexibility index (Phi) is 2.63. The highest BCUT2D eigenvalue weighted by Crippen LogP contribution is 2.16. The van der Waals surface area contributed by atoms with Crippen LogP contribution in [0, 0.1) is 5.82 Å². The van der Waals surface area contributed by atoms with Crippen molar-refractivity contribution in [1.82, 2.24) is 4.98 Å². The predicted molar refractivity (Wildman–Crippen MR) is 44.0 cm³/mol. The third kappa shape index (κ3) is 2.29. The van der Waals surface area contributed by atoms with Crippen molar-refractivity contribution in [3.63, 3.8) is 0 Å². The summed E-state index contributed by atoms with van der Waals surface area (Å²) >= 11 is 0. The summed E-state index contributed by atoms with van der Waals surface area (Å²) in [6.45, 7) is 0.